The fourth-order valence-electron chi connectivity index (χ4n) is 3.61. The molecule has 0 spiro atoms. The van der Waals surface area contributed by atoms with Crippen LogP contribution in [0.4, 0.5) is 5.69 Å². The number of primary sulfonamides is 1. The first-order chi connectivity index (χ1) is 9.57. The van der Waals surface area contributed by atoms with Gasteiger partial charge in [-0.05, 0) is 55.2 Å². The summed E-state index contributed by atoms with van der Waals surface area (Å²) in [6, 6.07) is 5.39. The highest BCUT2D eigenvalue weighted by molar-refractivity contribution is 7.89. The lowest BCUT2D eigenvalue weighted by Crippen LogP contribution is -2.35. The van der Waals surface area contributed by atoms with E-state index in [4.69, 9.17) is 5.14 Å². The van der Waals surface area contributed by atoms with Crippen molar-refractivity contribution >= 4 is 15.7 Å². The molecule has 0 saturated heterocycles. The molecule has 2 unspecified atom stereocenters. The molecule has 2 rings (SSSR count). The number of hydrogen-bond donors (Lipinski definition) is 2. The van der Waals surface area contributed by atoms with Crippen molar-refractivity contribution in [2.45, 2.75) is 57.9 Å². The summed E-state index contributed by atoms with van der Waals surface area (Å²) in [4.78, 5) is 0.165. The van der Waals surface area contributed by atoms with Crippen LogP contribution in [0, 0.1) is 18.3 Å². The maximum Gasteiger partial charge on any atom is 0.238 e. The summed E-state index contributed by atoms with van der Waals surface area (Å²) in [5.74, 6) is 0.674. The highest BCUT2D eigenvalue weighted by atomic mass is 32.2. The minimum absolute atomic E-state index is 0.165. The average molecular weight is 310 g/mol. The lowest BCUT2D eigenvalue weighted by Gasteiger charge is -2.39. The van der Waals surface area contributed by atoms with E-state index in [1.807, 2.05) is 6.92 Å². The predicted molar refractivity (Wildman–Crippen MR) is 86.8 cm³/mol. The fraction of sp³-hybridized carbons (Fsp3) is 0.625. The molecule has 21 heavy (non-hydrogen) atoms. The van der Waals surface area contributed by atoms with Crippen molar-refractivity contribution in [2.75, 3.05) is 5.32 Å². The molecule has 3 N–H and O–H groups in total. The Morgan fingerprint density at radius 2 is 1.95 bits per heavy atom. The van der Waals surface area contributed by atoms with E-state index in [-0.39, 0.29) is 4.90 Å². The van der Waals surface area contributed by atoms with Crippen molar-refractivity contribution in [3.8, 4) is 0 Å². The zero-order valence-corrected chi connectivity index (χ0v) is 14.1. The van der Waals surface area contributed by atoms with Crippen LogP contribution in [-0.4, -0.2) is 14.5 Å². The van der Waals surface area contributed by atoms with Gasteiger partial charge >= 0.3 is 0 Å². The van der Waals surface area contributed by atoms with Gasteiger partial charge in [0.05, 0.1) is 4.90 Å². The SMILES string of the molecule is Cc1ccc(S(N)(=O)=O)cc1NC1CC(C)CC(C)(C)C1. The molecule has 0 aliphatic heterocycles. The number of rotatable bonds is 3. The molecule has 2 atom stereocenters. The Bertz CT molecular complexity index is 623. The van der Waals surface area contributed by atoms with Crippen LogP contribution >= 0.6 is 0 Å². The van der Waals surface area contributed by atoms with E-state index in [2.05, 4.69) is 26.1 Å². The van der Waals surface area contributed by atoms with E-state index in [1.54, 1.807) is 18.2 Å². The minimum Gasteiger partial charge on any atom is -0.382 e. The Balaban J connectivity index is 2.23. The lowest BCUT2D eigenvalue weighted by atomic mass is 9.70. The first kappa shape index (κ1) is 16.3. The third-order valence-electron chi connectivity index (χ3n) is 4.28. The maximum atomic E-state index is 11.5. The third-order valence-corrected chi connectivity index (χ3v) is 5.20. The van der Waals surface area contributed by atoms with Crippen molar-refractivity contribution in [2.24, 2.45) is 16.5 Å². The second kappa shape index (κ2) is 5.61. The smallest absolute Gasteiger partial charge is 0.238 e. The number of nitrogens with two attached hydrogens (primary N) is 1. The van der Waals surface area contributed by atoms with Crippen LogP contribution < -0.4 is 10.5 Å². The molecule has 0 bridgehead atoms. The van der Waals surface area contributed by atoms with Gasteiger partial charge in [0, 0.05) is 11.7 Å². The standard InChI is InChI=1S/C16H26N2O2S/c1-11-7-13(10-16(3,4)9-11)18-15-8-14(21(17,19)20)6-5-12(15)2/h5-6,8,11,13,18H,7,9-10H2,1-4H3,(H2,17,19,20). The van der Waals surface area contributed by atoms with Crippen LogP contribution in [0.5, 0.6) is 0 Å². The summed E-state index contributed by atoms with van der Waals surface area (Å²) >= 11 is 0. The molecule has 5 heteroatoms. The van der Waals surface area contributed by atoms with E-state index in [9.17, 15) is 8.42 Å². The number of hydrogen-bond acceptors (Lipinski definition) is 3. The lowest BCUT2D eigenvalue weighted by molar-refractivity contribution is 0.178. The summed E-state index contributed by atoms with van der Waals surface area (Å²) < 4.78 is 23.0. The first-order valence-corrected chi connectivity index (χ1v) is 9.01. The highest BCUT2D eigenvalue weighted by Gasteiger charge is 2.32. The zero-order valence-electron chi connectivity index (χ0n) is 13.3. The van der Waals surface area contributed by atoms with Crippen LogP contribution in [0.3, 0.4) is 0 Å². The third kappa shape index (κ3) is 4.20. The van der Waals surface area contributed by atoms with Crippen molar-refractivity contribution < 1.29 is 8.42 Å². The van der Waals surface area contributed by atoms with Gasteiger partial charge in [0.25, 0.3) is 0 Å². The summed E-state index contributed by atoms with van der Waals surface area (Å²) in [7, 11) is -3.66. The van der Waals surface area contributed by atoms with Crippen molar-refractivity contribution in [3.05, 3.63) is 23.8 Å². The Hall–Kier alpha value is -1.07. The maximum absolute atomic E-state index is 11.5. The van der Waals surface area contributed by atoms with E-state index in [1.165, 1.54) is 6.42 Å². The molecule has 0 amide bonds. The van der Waals surface area contributed by atoms with Crippen molar-refractivity contribution in [1.82, 2.24) is 0 Å². The Kier molecular flexibility index (Phi) is 4.36. The molecule has 0 radical (unpaired) electrons. The summed E-state index contributed by atoms with van der Waals surface area (Å²) in [5, 5.41) is 8.75. The van der Waals surface area contributed by atoms with Crippen molar-refractivity contribution in [3.63, 3.8) is 0 Å². The molecule has 1 saturated carbocycles. The molecular weight excluding hydrogens is 284 g/mol. The number of nitrogens with one attached hydrogen (secondary N) is 1. The normalized spacial score (nSPS) is 25.6. The van der Waals surface area contributed by atoms with Gasteiger partial charge in [0.15, 0.2) is 0 Å². The molecular formula is C16H26N2O2S. The Labute approximate surface area is 128 Å². The van der Waals surface area contributed by atoms with Gasteiger partial charge in [-0.3, -0.25) is 0 Å². The number of anilines is 1. The quantitative estimate of drug-likeness (QED) is 0.900. The molecule has 1 aromatic rings. The second-order valence-corrected chi connectivity index (χ2v) is 8.84. The molecule has 0 aromatic heterocycles. The predicted octanol–water partition coefficient (Wildman–Crippen LogP) is 3.27. The zero-order chi connectivity index (χ0) is 15.8. The van der Waals surface area contributed by atoms with E-state index in [0.717, 1.165) is 24.1 Å². The Morgan fingerprint density at radius 3 is 2.52 bits per heavy atom. The van der Waals surface area contributed by atoms with E-state index >= 15 is 0 Å². The van der Waals surface area contributed by atoms with Crippen molar-refractivity contribution in [1.29, 1.82) is 0 Å². The highest BCUT2D eigenvalue weighted by Crippen LogP contribution is 2.39. The van der Waals surface area contributed by atoms with Gasteiger partial charge < -0.3 is 5.32 Å². The summed E-state index contributed by atoms with van der Waals surface area (Å²) in [6.45, 7) is 8.85. The van der Waals surface area contributed by atoms with Gasteiger partial charge in [-0.1, -0.05) is 26.8 Å². The van der Waals surface area contributed by atoms with Gasteiger partial charge in [-0.15, -0.1) is 0 Å². The van der Waals surface area contributed by atoms with Crippen LogP contribution in [0.15, 0.2) is 23.1 Å². The summed E-state index contributed by atoms with van der Waals surface area (Å²) in [6.07, 6.45) is 3.44. The molecule has 118 valence electrons. The number of sulfonamides is 1. The number of aryl methyl sites for hydroxylation is 1. The van der Waals surface area contributed by atoms with E-state index < -0.39 is 10.0 Å². The molecule has 1 aliphatic carbocycles. The largest absolute Gasteiger partial charge is 0.382 e. The van der Waals surface area contributed by atoms with Gasteiger partial charge in [0.1, 0.15) is 0 Å². The topological polar surface area (TPSA) is 72.2 Å². The van der Waals surface area contributed by atoms with Crippen LogP contribution in [0.1, 0.15) is 45.6 Å². The molecule has 0 heterocycles. The molecule has 1 aliphatic rings. The second-order valence-electron chi connectivity index (χ2n) is 7.28. The van der Waals surface area contributed by atoms with E-state index in [0.29, 0.717) is 17.4 Å². The minimum atomic E-state index is -3.66. The van der Waals surface area contributed by atoms with Crippen LogP contribution in [0.25, 0.3) is 0 Å². The van der Waals surface area contributed by atoms with Gasteiger partial charge in [-0.2, -0.15) is 0 Å². The monoisotopic (exact) mass is 310 g/mol. The van der Waals surface area contributed by atoms with Gasteiger partial charge in [0.2, 0.25) is 10.0 Å². The van der Waals surface area contributed by atoms with Crippen LogP contribution in [-0.2, 0) is 10.0 Å². The number of benzene rings is 1. The summed E-state index contributed by atoms with van der Waals surface area (Å²) in [5.41, 5.74) is 2.23. The Morgan fingerprint density at radius 1 is 1.29 bits per heavy atom. The fourth-order valence-corrected chi connectivity index (χ4v) is 4.15. The van der Waals surface area contributed by atoms with Gasteiger partial charge in [-0.25, -0.2) is 13.6 Å². The average Bonchev–Trinajstić information content (AvgIpc) is 2.27. The molecule has 4 nitrogen and oxygen atoms in total. The first-order valence-electron chi connectivity index (χ1n) is 7.47. The molecule has 1 fully saturated rings. The molecule has 1 aromatic carbocycles. The van der Waals surface area contributed by atoms with Crippen LogP contribution in [0.2, 0.25) is 0 Å².